The van der Waals surface area contributed by atoms with Crippen LogP contribution >= 0.6 is 0 Å². The van der Waals surface area contributed by atoms with Crippen LogP contribution in [0.5, 0.6) is 0 Å². The fourth-order valence-electron chi connectivity index (χ4n) is 2.45. The predicted molar refractivity (Wildman–Crippen MR) is 73.4 cm³/mol. The molecule has 2 rings (SSSR count). The molecule has 1 aliphatic heterocycles. The number of carbonyl (C=O) groups excluding carboxylic acids is 1. The summed E-state index contributed by atoms with van der Waals surface area (Å²) in [6.45, 7) is 5.79. The van der Waals surface area contributed by atoms with Crippen LogP contribution in [0.4, 0.5) is 0 Å². The second kappa shape index (κ2) is 6.01. The van der Waals surface area contributed by atoms with Gasteiger partial charge >= 0.3 is 0 Å². The third-order valence-electron chi connectivity index (χ3n) is 3.56. The van der Waals surface area contributed by atoms with Crippen molar-refractivity contribution in [1.29, 1.82) is 0 Å². The summed E-state index contributed by atoms with van der Waals surface area (Å²) in [5.41, 5.74) is 1.29. The monoisotopic (exact) mass is 246 g/mol. The first kappa shape index (κ1) is 13.1. The highest BCUT2D eigenvalue weighted by Gasteiger charge is 2.25. The van der Waals surface area contributed by atoms with Gasteiger partial charge in [0.1, 0.15) is 0 Å². The van der Waals surface area contributed by atoms with Gasteiger partial charge in [-0.1, -0.05) is 30.3 Å². The average molecular weight is 246 g/mol. The highest BCUT2D eigenvalue weighted by atomic mass is 16.2. The van der Waals surface area contributed by atoms with E-state index in [4.69, 9.17) is 0 Å². The maximum atomic E-state index is 12.2. The molecule has 0 aromatic heterocycles. The third-order valence-corrected chi connectivity index (χ3v) is 3.56. The molecule has 0 saturated carbocycles. The lowest BCUT2D eigenvalue weighted by atomic mass is 10.1. The highest BCUT2D eigenvalue weighted by molar-refractivity contribution is 5.81. The zero-order valence-corrected chi connectivity index (χ0v) is 11.2. The number of rotatable bonds is 3. The first-order valence-corrected chi connectivity index (χ1v) is 6.75. The first-order valence-electron chi connectivity index (χ1n) is 6.75. The molecule has 1 aromatic carbocycles. The lowest BCUT2D eigenvalue weighted by Gasteiger charge is -2.22. The smallest absolute Gasteiger partial charge is 0.239 e. The van der Waals surface area contributed by atoms with Crippen molar-refractivity contribution in [2.75, 3.05) is 13.1 Å². The number of carbonyl (C=O) groups is 1. The fraction of sp³-hybridized carbons (Fsp3) is 0.533. The minimum atomic E-state index is -0.0572. The topological polar surface area (TPSA) is 32.3 Å². The van der Waals surface area contributed by atoms with E-state index < -0.39 is 0 Å². The van der Waals surface area contributed by atoms with Crippen LogP contribution in [-0.2, 0) is 11.2 Å². The Labute approximate surface area is 109 Å². The van der Waals surface area contributed by atoms with Crippen LogP contribution in [-0.4, -0.2) is 36.0 Å². The molecule has 1 aromatic rings. The molecule has 0 bridgehead atoms. The maximum Gasteiger partial charge on any atom is 0.239 e. The molecule has 98 valence electrons. The van der Waals surface area contributed by atoms with Gasteiger partial charge in [-0.2, -0.15) is 0 Å². The fourth-order valence-corrected chi connectivity index (χ4v) is 2.45. The van der Waals surface area contributed by atoms with Crippen LogP contribution in [0.3, 0.4) is 0 Å². The molecular formula is C15H22N2O. The van der Waals surface area contributed by atoms with E-state index in [1.54, 1.807) is 0 Å². The van der Waals surface area contributed by atoms with E-state index in [9.17, 15) is 4.79 Å². The number of hydrogen-bond donors (Lipinski definition) is 1. The van der Waals surface area contributed by atoms with E-state index in [1.807, 2.05) is 30.0 Å². The molecule has 18 heavy (non-hydrogen) atoms. The minimum absolute atomic E-state index is 0.0572. The average Bonchev–Trinajstić information content (AvgIpc) is 2.50. The molecule has 2 atom stereocenters. The Morgan fingerprint density at radius 1 is 1.28 bits per heavy atom. The number of nitrogens with one attached hydrogen (secondary N) is 1. The van der Waals surface area contributed by atoms with Gasteiger partial charge in [0.25, 0.3) is 0 Å². The Morgan fingerprint density at radius 2 is 2.00 bits per heavy atom. The summed E-state index contributed by atoms with van der Waals surface area (Å²) in [6, 6.07) is 10.7. The van der Waals surface area contributed by atoms with Crippen LogP contribution in [0.2, 0.25) is 0 Å². The molecule has 0 aliphatic carbocycles. The molecule has 0 radical (unpaired) electrons. The maximum absolute atomic E-state index is 12.2. The van der Waals surface area contributed by atoms with Crippen molar-refractivity contribution in [3.05, 3.63) is 35.9 Å². The summed E-state index contributed by atoms with van der Waals surface area (Å²) >= 11 is 0. The van der Waals surface area contributed by atoms with Crippen molar-refractivity contribution in [3.63, 3.8) is 0 Å². The SMILES string of the molecule is CC1CCN(CCc2ccccc2)C(=O)C(C)N1. The number of amides is 1. The van der Waals surface area contributed by atoms with Crippen LogP contribution in [0.25, 0.3) is 0 Å². The zero-order valence-electron chi connectivity index (χ0n) is 11.2. The highest BCUT2D eigenvalue weighted by Crippen LogP contribution is 2.09. The van der Waals surface area contributed by atoms with E-state index in [2.05, 4.69) is 24.4 Å². The van der Waals surface area contributed by atoms with Crippen LogP contribution in [0.1, 0.15) is 25.8 Å². The van der Waals surface area contributed by atoms with Crippen LogP contribution < -0.4 is 5.32 Å². The normalized spacial score (nSPS) is 25.0. The molecular weight excluding hydrogens is 224 g/mol. The van der Waals surface area contributed by atoms with Gasteiger partial charge in [-0.3, -0.25) is 4.79 Å². The van der Waals surface area contributed by atoms with Gasteiger partial charge in [-0.25, -0.2) is 0 Å². The number of benzene rings is 1. The van der Waals surface area contributed by atoms with Gasteiger partial charge in [0, 0.05) is 19.1 Å². The van der Waals surface area contributed by atoms with Crippen LogP contribution in [0, 0.1) is 0 Å². The van der Waals surface area contributed by atoms with Gasteiger partial charge in [-0.15, -0.1) is 0 Å². The molecule has 1 fully saturated rings. The van der Waals surface area contributed by atoms with Crippen LogP contribution in [0.15, 0.2) is 30.3 Å². The van der Waals surface area contributed by atoms with Gasteiger partial charge in [0.05, 0.1) is 6.04 Å². The molecule has 1 amide bonds. The van der Waals surface area contributed by atoms with E-state index in [0.29, 0.717) is 6.04 Å². The molecule has 1 N–H and O–H groups in total. The molecule has 1 saturated heterocycles. The molecule has 3 heteroatoms. The quantitative estimate of drug-likeness (QED) is 0.882. The summed E-state index contributed by atoms with van der Waals surface area (Å²) in [4.78, 5) is 14.2. The summed E-state index contributed by atoms with van der Waals surface area (Å²) < 4.78 is 0. The Hall–Kier alpha value is -1.35. The van der Waals surface area contributed by atoms with Crippen molar-refractivity contribution in [2.45, 2.75) is 38.8 Å². The third kappa shape index (κ3) is 3.33. The predicted octanol–water partition coefficient (Wildman–Crippen LogP) is 1.83. The standard InChI is InChI=1S/C15H22N2O/c1-12-8-10-17(15(18)13(2)16-12)11-9-14-6-4-3-5-7-14/h3-7,12-13,16H,8-11H2,1-2H3. The van der Waals surface area contributed by atoms with Crippen molar-refractivity contribution >= 4 is 5.91 Å². The van der Waals surface area contributed by atoms with E-state index in [1.165, 1.54) is 5.56 Å². The lowest BCUT2D eigenvalue weighted by Crippen LogP contribution is -2.43. The Balaban J connectivity index is 1.93. The minimum Gasteiger partial charge on any atom is -0.341 e. The molecule has 1 heterocycles. The van der Waals surface area contributed by atoms with Gasteiger partial charge in [0.15, 0.2) is 0 Å². The summed E-state index contributed by atoms with van der Waals surface area (Å²) in [5.74, 6) is 0.232. The molecule has 2 unspecified atom stereocenters. The number of nitrogens with zero attached hydrogens (tertiary/aromatic N) is 1. The number of hydrogen-bond acceptors (Lipinski definition) is 2. The first-order chi connectivity index (χ1) is 8.66. The largest absolute Gasteiger partial charge is 0.341 e. The van der Waals surface area contributed by atoms with E-state index >= 15 is 0 Å². The molecule has 1 aliphatic rings. The van der Waals surface area contributed by atoms with Crippen molar-refractivity contribution in [2.24, 2.45) is 0 Å². The molecule has 3 nitrogen and oxygen atoms in total. The van der Waals surface area contributed by atoms with Gasteiger partial charge < -0.3 is 10.2 Å². The Bertz CT molecular complexity index is 391. The zero-order chi connectivity index (χ0) is 13.0. The van der Waals surface area contributed by atoms with Crippen molar-refractivity contribution in [1.82, 2.24) is 10.2 Å². The summed E-state index contributed by atoms with van der Waals surface area (Å²) in [7, 11) is 0. The van der Waals surface area contributed by atoms with E-state index in [0.717, 1.165) is 25.9 Å². The Morgan fingerprint density at radius 3 is 2.72 bits per heavy atom. The molecule has 0 spiro atoms. The Kier molecular flexibility index (Phi) is 4.37. The van der Waals surface area contributed by atoms with Crippen molar-refractivity contribution in [3.8, 4) is 0 Å². The van der Waals surface area contributed by atoms with E-state index in [-0.39, 0.29) is 11.9 Å². The second-order valence-corrected chi connectivity index (χ2v) is 5.14. The second-order valence-electron chi connectivity index (χ2n) is 5.14. The summed E-state index contributed by atoms with van der Waals surface area (Å²) in [5, 5.41) is 3.33. The van der Waals surface area contributed by atoms with Gasteiger partial charge in [-0.05, 0) is 32.3 Å². The van der Waals surface area contributed by atoms with Crippen molar-refractivity contribution < 1.29 is 4.79 Å². The van der Waals surface area contributed by atoms with Gasteiger partial charge in [0.2, 0.25) is 5.91 Å². The lowest BCUT2D eigenvalue weighted by molar-refractivity contribution is -0.132. The summed E-state index contributed by atoms with van der Waals surface area (Å²) in [6.07, 6.45) is 1.97.